The standard InChI is InChI=1S/C19H13F4N5O2/c20-11-5-2-1-4-10(11)7-9-28-16(14-12(24)6-3-8-25-14)26-17-13(18(28)29)15(27-30-17)19(21,22)23/h1-6,8H,7,9,24H2. The SMILES string of the molecule is Nc1cccnc1-c1nc2onc(C(F)(F)F)c2c(=O)n1CCc1ccccc1F. The van der Waals surface area contributed by atoms with Crippen molar-refractivity contribution in [3.8, 4) is 11.5 Å². The van der Waals surface area contributed by atoms with Gasteiger partial charge in [0, 0.05) is 12.7 Å². The third kappa shape index (κ3) is 3.38. The number of nitrogens with two attached hydrogens (primary N) is 1. The molecule has 3 heterocycles. The van der Waals surface area contributed by atoms with E-state index in [2.05, 4.69) is 19.6 Å². The average Bonchev–Trinajstić information content (AvgIpc) is 3.14. The number of halogens is 4. The number of nitrogen functional groups attached to an aromatic ring is 1. The molecule has 3 aromatic heterocycles. The van der Waals surface area contributed by atoms with Gasteiger partial charge in [-0.15, -0.1) is 0 Å². The number of pyridine rings is 1. The molecule has 4 aromatic rings. The Bertz CT molecular complexity index is 1300. The number of fused-ring (bicyclic) bond motifs is 1. The van der Waals surface area contributed by atoms with E-state index in [0.717, 1.165) is 4.57 Å². The van der Waals surface area contributed by atoms with Gasteiger partial charge in [-0.25, -0.2) is 4.39 Å². The third-order valence-corrected chi connectivity index (χ3v) is 4.48. The average molecular weight is 419 g/mol. The van der Waals surface area contributed by atoms with E-state index in [0.29, 0.717) is 0 Å². The molecule has 0 saturated carbocycles. The summed E-state index contributed by atoms with van der Waals surface area (Å²) in [4.78, 5) is 21.1. The normalized spacial score (nSPS) is 11.9. The Kier molecular flexibility index (Phi) is 4.72. The molecule has 0 unspecified atom stereocenters. The molecular weight excluding hydrogens is 406 g/mol. The van der Waals surface area contributed by atoms with Crippen molar-refractivity contribution in [1.29, 1.82) is 0 Å². The van der Waals surface area contributed by atoms with Gasteiger partial charge in [-0.2, -0.15) is 18.2 Å². The predicted molar refractivity (Wildman–Crippen MR) is 98.8 cm³/mol. The van der Waals surface area contributed by atoms with Crippen molar-refractivity contribution in [2.45, 2.75) is 19.1 Å². The number of anilines is 1. The van der Waals surface area contributed by atoms with E-state index in [-0.39, 0.29) is 35.7 Å². The Morgan fingerprint density at radius 3 is 2.60 bits per heavy atom. The van der Waals surface area contributed by atoms with Crippen LogP contribution in [0.3, 0.4) is 0 Å². The highest BCUT2D eigenvalue weighted by atomic mass is 19.4. The van der Waals surface area contributed by atoms with Crippen molar-refractivity contribution < 1.29 is 22.1 Å². The van der Waals surface area contributed by atoms with Gasteiger partial charge in [0.25, 0.3) is 11.3 Å². The zero-order chi connectivity index (χ0) is 21.5. The van der Waals surface area contributed by atoms with Crippen LogP contribution < -0.4 is 11.3 Å². The molecule has 0 aliphatic heterocycles. The Labute approximate surface area is 165 Å². The molecule has 154 valence electrons. The number of hydrogen-bond donors (Lipinski definition) is 1. The molecule has 0 spiro atoms. The topological polar surface area (TPSA) is 99.8 Å². The van der Waals surface area contributed by atoms with Crippen molar-refractivity contribution in [3.63, 3.8) is 0 Å². The smallest absolute Gasteiger partial charge is 0.397 e. The molecule has 0 aliphatic rings. The maximum Gasteiger partial charge on any atom is 0.437 e. The van der Waals surface area contributed by atoms with Gasteiger partial charge in [0.05, 0.1) is 5.69 Å². The minimum atomic E-state index is -4.92. The molecular formula is C19H13F4N5O2. The van der Waals surface area contributed by atoms with Gasteiger partial charge in [0.15, 0.2) is 5.82 Å². The molecule has 0 fully saturated rings. The van der Waals surface area contributed by atoms with Gasteiger partial charge in [0.2, 0.25) is 5.69 Å². The maximum absolute atomic E-state index is 14.0. The zero-order valence-electron chi connectivity index (χ0n) is 15.2. The van der Waals surface area contributed by atoms with Crippen LogP contribution >= 0.6 is 0 Å². The van der Waals surface area contributed by atoms with E-state index in [1.54, 1.807) is 12.1 Å². The fraction of sp³-hybridized carbons (Fsp3) is 0.158. The minimum absolute atomic E-state index is 0.0200. The van der Waals surface area contributed by atoms with E-state index in [1.807, 2.05) is 0 Å². The number of nitrogens with zero attached hydrogens (tertiary/aromatic N) is 4. The lowest BCUT2D eigenvalue weighted by Crippen LogP contribution is -2.26. The van der Waals surface area contributed by atoms with Crippen molar-refractivity contribution in [3.05, 3.63) is 70.0 Å². The van der Waals surface area contributed by atoms with E-state index < -0.39 is 34.3 Å². The van der Waals surface area contributed by atoms with Crippen molar-refractivity contribution in [1.82, 2.24) is 19.7 Å². The first-order valence-electron chi connectivity index (χ1n) is 8.69. The lowest BCUT2D eigenvalue weighted by atomic mass is 10.1. The molecule has 0 amide bonds. The Balaban J connectivity index is 1.93. The minimum Gasteiger partial charge on any atom is -0.397 e. The van der Waals surface area contributed by atoms with Crippen LogP contribution in [0.5, 0.6) is 0 Å². The lowest BCUT2D eigenvalue weighted by molar-refractivity contribution is -0.141. The van der Waals surface area contributed by atoms with E-state index >= 15 is 0 Å². The molecule has 0 saturated heterocycles. The highest BCUT2D eigenvalue weighted by Crippen LogP contribution is 2.33. The van der Waals surface area contributed by atoms with Crippen LogP contribution in [0.25, 0.3) is 22.6 Å². The number of alkyl halides is 3. The molecule has 0 bridgehead atoms. The fourth-order valence-electron chi connectivity index (χ4n) is 3.06. The lowest BCUT2D eigenvalue weighted by Gasteiger charge is -2.13. The molecule has 4 rings (SSSR count). The Morgan fingerprint density at radius 1 is 1.13 bits per heavy atom. The molecule has 11 heteroatoms. The summed E-state index contributed by atoms with van der Waals surface area (Å²) in [6, 6.07) is 8.94. The molecule has 30 heavy (non-hydrogen) atoms. The molecule has 1 aromatic carbocycles. The van der Waals surface area contributed by atoms with Crippen LogP contribution in [-0.2, 0) is 19.1 Å². The number of aryl methyl sites for hydroxylation is 1. The summed E-state index contributed by atoms with van der Waals surface area (Å²) in [5.74, 6) is -0.605. The highest BCUT2D eigenvalue weighted by Gasteiger charge is 2.39. The van der Waals surface area contributed by atoms with Gasteiger partial charge >= 0.3 is 6.18 Å². The first-order chi connectivity index (χ1) is 14.3. The second-order valence-electron chi connectivity index (χ2n) is 6.38. The Morgan fingerprint density at radius 2 is 1.90 bits per heavy atom. The van der Waals surface area contributed by atoms with Gasteiger partial charge in [-0.05, 0) is 30.2 Å². The number of aromatic nitrogens is 4. The van der Waals surface area contributed by atoms with E-state index in [9.17, 15) is 22.4 Å². The van der Waals surface area contributed by atoms with Gasteiger partial charge in [0.1, 0.15) is 16.9 Å². The van der Waals surface area contributed by atoms with Crippen LogP contribution in [0.15, 0.2) is 51.9 Å². The predicted octanol–water partition coefficient (Wildman–Crippen LogP) is 3.43. The second kappa shape index (κ2) is 7.25. The van der Waals surface area contributed by atoms with Gasteiger partial charge in [-0.3, -0.25) is 14.3 Å². The van der Waals surface area contributed by atoms with Crippen LogP contribution in [0, 0.1) is 5.82 Å². The fourth-order valence-corrected chi connectivity index (χ4v) is 3.06. The summed E-state index contributed by atoms with van der Waals surface area (Å²) in [6.07, 6.45) is -3.50. The third-order valence-electron chi connectivity index (χ3n) is 4.48. The monoisotopic (exact) mass is 419 g/mol. The molecule has 0 radical (unpaired) electrons. The quantitative estimate of drug-likeness (QED) is 0.509. The highest BCUT2D eigenvalue weighted by molar-refractivity contribution is 5.79. The first kappa shape index (κ1) is 19.6. The summed E-state index contributed by atoms with van der Waals surface area (Å²) in [5.41, 5.74) is 3.33. The molecule has 0 atom stereocenters. The van der Waals surface area contributed by atoms with Crippen LogP contribution in [0.2, 0.25) is 0 Å². The van der Waals surface area contributed by atoms with Crippen molar-refractivity contribution >= 4 is 16.8 Å². The van der Waals surface area contributed by atoms with Crippen LogP contribution in [0.4, 0.5) is 23.2 Å². The molecule has 0 aliphatic carbocycles. The molecule has 2 N–H and O–H groups in total. The molecule has 7 nitrogen and oxygen atoms in total. The zero-order valence-corrected chi connectivity index (χ0v) is 15.2. The number of benzene rings is 1. The number of hydrogen-bond acceptors (Lipinski definition) is 6. The first-order valence-corrected chi connectivity index (χ1v) is 8.69. The van der Waals surface area contributed by atoms with Crippen LogP contribution in [0.1, 0.15) is 11.3 Å². The van der Waals surface area contributed by atoms with Crippen LogP contribution in [-0.4, -0.2) is 19.7 Å². The number of rotatable bonds is 4. The summed E-state index contributed by atoms with van der Waals surface area (Å²) >= 11 is 0. The largest absolute Gasteiger partial charge is 0.437 e. The summed E-state index contributed by atoms with van der Waals surface area (Å²) < 4.78 is 59.5. The summed E-state index contributed by atoms with van der Waals surface area (Å²) in [5, 5.41) is 2.16. The maximum atomic E-state index is 14.0. The van der Waals surface area contributed by atoms with Gasteiger partial charge < -0.3 is 10.3 Å². The Hall–Kier alpha value is -3.76. The summed E-state index contributed by atoms with van der Waals surface area (Å²) in [6.45, 7) is -0.170. The van der Waals surface area contributed by atoms with E-state index in [1.165, 1.54) is 30.5 Å². The summed E-state index contributed by atoms with van der Waals surface area (Å²) in [7, 11) is 0. The van der Waals surface area contributed by atoms with Gasteiger partial charge in [-0.1, -0.05) is 23.4 Å². The van der Waals surface area contributed by atoms with E-state index in [4.69, 9.17) is 5.73 Å². The van der Waals surface area contributed by atoms with Crippen molar-refractivity contribution in [2.75, 3.05) is 5.73 Å². The second-order valence-corrected chi connectivity index (χ2v) is 6.38. The van der Waals surface area contributed by atoms with Crippen molar-refractivity contribution in [2.24, 2.45) is 0 Å².